The molecule has 0 aliphatic rings. The number of methoxy groups -OCH3 is 1. The smallest absolute Gasteiger partial charge is 0.291 e. The molecular formula is C20H17F2N3O2. The van der Waals surface area contributed by atoms with Gasteiger partial charge in [0, 0.05) is 41.6 Å². The van der Waals surface area contributed by atoms with Crippen molar-refractivity contribution in [3.8, 4) is 0 Å². The molecule has 0 unspecified atom stereocenters. The fraction of sp³-hybridized carbons (Fsp3) is 0.200. The highest BCUT2D eigenvalue weighted by molar-refractivity contribution is 6.07. The second kappa shape index (κ2) is 6.59. The Bertz CT molecular complexity index is 1230. The van der Waals surface area contributed by atoms with E-state index in [-0.39, 0.29) is 18.7 Å². The van der Waals surface area contributed by atoms with Crippen molar-refractivity contribution >= 4 is 21.8 Å². The van der Waals surface area contributed by atoms with E-state index in [2.05, 4.69) is 5.10 Å². The molecule has 7 heteroatoms. The Labute approximate surface area is 153 Å². The normalized spacial score (nSPS) is 11.6. The van der Waals surface area contributed by atoms with Crippen LogP contribution in [-0.4, -0.2) is 21.5 Å². The first kappa shape index (κ1) is 17.4. The third kappa shape index (κ3) is 2.80. The van der Waals surface area contributed by atoms with Crippen molar-refractivity contribution in [2.75, 3.05) is 7.11 Å². The highest BCUT2D eigenvalue weighted by atomic mass is 19.1. The van der Waals surface area contributed by atoms with Gasteiger partial charge < -0.3 is 9.30 Å². The molecule has 2 aromatic carbocycles. The molecular weight excluding hydrogens is 352 g/mol. The molecule has 0 radical (unpaired) electrons. The summed E-state index contributed by atoms with van der Waals surface area (Å²) in [6, 6.07) is 9.33. The van der Waals surface area contributed by atoms with Crippen molar-refractivity contribution in [1.82, 2.24) is 14.3 Å². The maximum absolute atomic E-state index is 14.3. The summed E-state index contributed by atoms with van der Waals surface area (Å²) in [5.74, 6) is -0.790. The van der Waals surface area contributed by atoms with Crippen molar-refractivity contribution in [2.24, 2.45) is 7.05 Å². The lowest BCUT2D eigenvalue weighted by Gasteiger charge is -2.06. The van der Waals surface area contributed by atoms with E-state index in [0.29, 0.717) is 32.9 Å². The Morgan fingerprint density at radius 2 is 1.85 bits per heavy atom. The van der Waals surface area contributed by atoms with Gasteiger partial charge in [0.05, 0.1) is 19.3 Å². The molecule has 0 saturated heterocycles. The number of nitrogens with zero attached hydrogens (tertiary/aromatic N) is 3. The number of hydrogen-bond donors (Lipinski definition) is 0. The maximum Gasteiger partial charge on any atom is 0.291 e. The van der Waals surface area contributed by atoms with E-state index in [1.165, 1.54) is 30.1 Å². The van der Waals surface area contributed by atoms with Crippen molar-refractivity contribution in [3.63, 3.8) is 0 Å². The summed E-state index contributed by atoms with van der Waals surface area (Å²) in [6.45, 7) is 0.158. The molecule has 27 heavy (non-hydrogen) atoms. The van der Waals surface area contributed by atoms with Crippen LogP contribution in [0.3, 0.4) is 0 Å². The lowest BCUT2D eigenvalue weighted by molar-refractivity contribution is 0.181. The first-order valence-corrected chi connectivity index (χ1v) is 8.40. The monoisotopic (exact) mass is 369 g/mol. The first-order chi connectivity index (χ1) is 13.0. The number of fused-ring (bicyclic) bond motifs is 3. The van der Waals surface area contributed by atoms with Crippen LogP contribution in [0.2, 0.25) is 0 Å². The number of halogens is 2. The number of aryl methyl sites for hydroxylation is 1. The summed E-state index contributed by atoms with van der Waals surface area (Å²) in [7, 11) is 3.24. The summed E-state index contributed by atoms with van der Waals surface area (Å²) >= 11 is 0. The lowest BCUT2D eigenvalue weighted by Crippen LogP contribution is -2.24. The summed E-state index contributed by atoms with van der Waals surface area (Å²) in [6.07, 6.45) is 1.52. The maximum atomic E-state index is 14.3. The fourth-order valence-corrected chi connectivity index (χ4v) is 3.39. The van der Waals surface area contributed by atoms with E-state index >= 15 is 0 Å². The zero-order valence-corrected chi connectivity index (χ0v) is 14.9. The number of hydrogen-bond acceptors (Lipinski definition) is 3. The van der Waals surface area contributed by atoms with Gasteiger partial charge in [0.15, 0.2) is 0 Å². The van der Waals surface area contributed by atoms with Crippen LogP contribution < -0.4 is 5.56 Å². The van der Waals surface area contributed by atoms with Gasteiger partial charge in [-0.05, 0) is 18.2 Å². The van der Waals surface area contributed by atoms with E-state index < -0.39 is 11.6 Å². The Morgan fingerprint density at radius 3 is 2.59 bits per heavy atom. The topological polar surface area (TPSA) is 49.1 Å². The van der Waals surface area contributed by atoms with Crippen LogP contribution in [0, 0.1) is 11.6 Å². The van der Waals surface area contributed by atoms with Crippen molar-refractivity contribution in [1.29, 1.82) is 0 Å². The SMILES string of the molecule is COCc1cc2c(cc1F)c1cnn(Cc3ccccc3F)c(=O)c1n2C. The zero-order valence-electron chi connectivity index (χ0n) is 14.9. The second-order valence-electron chi connectivity index (χ2n) is 6.41. The van der Waals surface area contributed by atoms with Gasteiger partial charge in [-0.2, -0.15) is 5.10 Å². The molecule has 0 spiro atoms. The van der Waals surface area contributed by atoms with Crippen molar-refractivity contribution in [2.45, 2.75) is 13.2 Å². The van der Waals surface area contributed by atoms with Gasteiger partial charge >= 0.3 is 0 Å². The molecule has 0 bridgehead atoms. The van der Waals surface area contributed by atoms with E-state index in [0.717, 1.165) is 0 Å². The first-order valence-electron chi connectivity index (χ1n) is 8.40. The number of aromatic nitrogens is 3. The fourth-order valence-electron chi connectivity index (χ4n) is 3.39. The third-order valence-corrected chi connectivity index (χ3v) is 4.75. The predicted octanol–water partition coefficient (Wildman–Crippen LogP) is 3.36. The highest BCUT2D eigenvalue weighted by Gasteiger charge is 2.17. The largest absolute Gasteiger partial charge is 0.380 e. The molecule has 5 nitrogen and oxygen atoms in total. The summed E-state index contributed by atoms with van der Waals surface area (Å²) in [4.78, 5) is 13.0. The second-order valence-corrected chi connectivity index (χ2v) is 6.41. The van der Waals surface area contributed by atoms with Gasteiger partial charge in [-0.1, -0.05) is 18.2 Å². The van der Waals surface area contributed by atoms with Gasteiger partial charge in [0.1, 0.15) is 17.2 Å². The molecule has 0 atom stereocenters. The van der Waals surface area contributed by atoms with Gasteiger partial charge in [0.2, 0.25) is 0 Å². The Kier molecular flexibility index (Phi) is 4.24. The zero-order chi connectivity index (χ0) is 19.1. The Hall–Kier alpha value is -3.06. The molecule has 0 aliphatic carbocycles. The van der Waals surface area contributed by atoms with Crippen molar-refractivity contribution < 1.29 is 13.5 Å². The molecule has 2 heterocycles. The molecule has 0 fully saturated rings. The van der Waals surface area contributed by atoms with Gasteiger partial charge in [-0.3, -0.25) is 4.79 Å². The predicted molar refractivity (Wildman–Crippen MR) is 98.7 cm³/mol. The lowest BCUT2D eigenvalue weighted by atomic mass is 10.1. The van der Waals surface area contributed by atoms with Crippen molar-refractivity contribution in [3.05, 3.63) is 75.7 Å². The molecule has 0 amide bonds. The summed E-state index contributed by atoms with van der Waals surface area (Å²) in [5.41, 5.74) is 1.53. The van der Waals surface area contributed by atoms with Crippen LogP contribution in [0.1, 0.15) is 11.1 Å². The minimum absolute atomic E-state index is 0.0201. The highest BCUT2D eigenvalue weighted by Crippen LogP contribution is 2.28. The summed E-state index contributed by atoms with van der Waals surface area (Å²) < 4.78 is 36.2. The standard InChI is InChI=1S/C20H17F2N3O2/c1-24-18-7-13(11-27-2)17(22)8-14(18)15-9-23-25(20(26)19(15)24)10-12-5-3-4-6-16(12)21/h3-9H,10-11H2,1-2H3. The Morgan fingerprint density at radius 1 is 1.07 bits per heavy atom. The van der Waals surface area contributed by atoms with Crippen LogP contribution in [-0.2, 0) is 24.9 Å². The van der Waals surface area contributed by atoms with E-state index in [1.54, 1.807) is 35.9 Å². The summed E-state index contributed by atoms with van der Waals surface area (Å²) in [5, 5.41) is 5.34. The van der Waals surface area contributed by atoms with Crippen LogP contribution >= 0.6 is 0 Å². The molecule has 4 aromatic rings. The Balaban J connectivity index is 1.92. The third-order valence-electron chi connectivity index (χ3n) is 4.75. The molecule has 2 aromatic heterocycles. The van der Waals surface area contributed by atoms with Crippen LogP contribution in [0.5, 0.6) is 0 Å². The van der Waals surface area contributed by atoms with Gasteiger partial charge in [0.25, 0.3) is 5.56 Å². The number of benzene rings is 2. The van der Waals surface area contributed by atoms with E-state index in [9.17, 15) is 13.6 Å². The van der Waals surface area contributed by atoms with E-state index in [1.807, 2.05) is 0 Å². The molecule has 138 valence electrons. The molecule has 0 aliphatic heterocycles. The van der Waals surface area contributed by atoms with Crippen LogP contribution in [0.4, 0.5) is 8.78 Å². The van der Waals surface area contributed by atoms with Gasteiger partial charge in [-0.25, -0.2) is 13.5 Å². The minimum atomic E-state index is -0.396. The van der Waals surface area contributed by atoms with Crippen LogP contribution in [0.25, 0.3) is 21.8 Å². The number of ether oxygens (including phenoxy) is 1. The molecule has 4 rings (SSSR count). The van der Waals surface area contributed by atoms with Crippen LogP contribution in [0.15, 0.2) is 47.4 Å². The number of rotatable bonds is 4. The average molecular weight is 369 g/mol. The van der Waals surface area contributed by atoms with Gasteiger partial charge in [-0.15, -0.1) is 0 Å². The molecule has 0 N–H and O–H groups in total. The quantitative estimate of drug-likeness (QED) is 0.554. The average Bonchev–Trinajstić information content (AvgIpc) is 2.92. The minimum Gasteiger partial charge on any atom is -0.380 e. The van der Waals surface area contributed by atoms with E-state index in [4.69, 9.17) is 4.74 Å². The molecule has 0 saturated carbocycles.